The number of hydrogen-bond acceptors (Lipinski definition) is 8. The number of nitriles is 1. The molecule has 7 rings (SSSR count). The summed E-state index contributed by atoms with van der Waals surface area (Å²) in [7, 11) is 0. The molecule has 0 spiro atoms. The molecule has 8 nitrogen and oxygen atoms in total. The molecule has 4 aliphatic rings. The lowest BCUT2D eigenvalue weighted by molar-refractivity contribution is 0.299. The number of ether oxygens (including phenoxy) is 1. The Morgan fingerprint density at radius 2 is 2.12 bits per heavy atom. The van der Waals surface area contributed by atoms with Crippen molar-refractivity contribution in [1.82, 2.24) is 15.1 Å². The maximum Gasteiger partial charge on any atom is 0.267 e. The minimum absolute atomic E-state index is 0.0658. The molecule has 2 aromatic heterocycles. The van der Waals surface area contributed by atoms with E-state index in [1.807, 2.05) is 24.5 Å². The number of allylic oxidation sites excluding steroid dienone is 1. The highest BCUT2D eigenvalue weighted by atomic mass is 32.1. The standard InChI is InChI=1S/C31H32N6O2S/c1-31(2)14-22(17-34-31)36-8-9-39-27-11-19(15-32)10-25(29(27)36)24-4-3-7-33-26-13-23(40-30(24)26)18-37-28(38)12-21(16-35-37)20-5-6-20/h4,7,10-13,16,20,22,34H,3,5-6,8-9,14,17-18H2,1-2H3/t22-/m0/s1. The second kappa shape index (κ2) is 9.72. The Hall–Kier alpha value is -3.74. The highest BCUT2D eigenvalue weighted by Gasteiger charge is 2.38. The van der Waals surface area contributed by atoms with Crippen molar-refractivity contribution in [2.24, 2.45) is 4.99 Å². The first-order valence-corrected chi connectivity index (χ1v) is 14.9. The van der Waals surface area contributed by atoms with Gasteiger partial charge in [0.15, 0.2) is 0 Å². The molecule has 1 aliphatic carbocycles. The Labute approximate surface area is 237 Å². The Balaban J connectivity index is 1.29. The van der Waals surface area contributed by atoms with Crippen molar-refractivity contribution in [2.75, 3.05) is 24.6 Å². The highest BCUT2D eigenvalue weighted by Crippen LogP contribution is 2.48. The third kappa shape index (κ3) is 4.65. The molecule has 3 aliphatic heterocycles. The molecule has 0 amide bonds. The van der Waals surface area contributed by atoms with Crippen LogP contribution in [0.15, 0.2) is 46.3 Å². The maximum absolute atomic E-state index is 12.8. The molecule has 1 saturated carbocycles. The second-order valence-corrected chi connectivity index (χ2v) is 12.9. The van der Waals surface area contributed by atoms with Crippen LogP contribution in [0.1, 0.15) is 71.9 Å². The number of nitrogens with one attached hydrogen (secondary N) is 1. The van der Waals surface area contributed by atoms with Gasteiger partial charge in [-0.15, -0.1) is 11.3 Å². The summed E-state index contributed by atoms with van der Waals surface area (Å²) >= 11 is 1.64. The van der Waals surface area contributed by atoms with E-state index in [4.69, 9.17) is 9.73 Å². The number of aromatic nitrogens is 2. The number of fused-ring (bicyclic) bond motifs is 2. The van der Waals surface area contributed by atoms with Crippen LogP contribution in [0.25, 0.3) is 5.57 Å². The zero-order valence-corrected chi connectivity index (χ0v) is 23.6. The second-order valence-electron chi connectivity index (χ2n) is 11.8. The van der Waals surface area contributed by atoms with Gasteiger partial charge in [-0.3, -0.25) is 9.79 Å². The van der Waals surface area contributed by atoms with Crippen LogP contribution in [0.2, 0.25) is 0 Å². The van der Waals surface area contributed by atoms with Gasteiger partial charge < -0.3 is 15.0 Å². The number of aliphatic imine (C=N–C) groups is 1. The van der Waals surface area contributed by atoms with Crippen molar-refractivity contribution in [1.29, 1.82) is 5.26 Å². The fourth-order valence-electron chi connectivity index (χ4n) is 6.16. The SMILES string of the molecule is CC1(C)C[C@H](N2CCOc3cc(C#N)cc(C4=CCC=Nc5cc(Cn6ncc(C7CC7)cc6=O)sc54)c32)CN1. The van der Waals surface area contributed by atoms with Crippen LogP contribution in [0.4, 0.5) is 11.4 Å². The van der Waals surface area contributed by atoms with Crippen molar-refractivity contribution in [3.05, 3.63) is 73.3 Å². The van der Waals surface area contributed by atoms with Gasteiger partial charge in [-0.2, -0.15) is 10.4 Å². The van der Waals surface area contributed by atoms with Gasteiger partial charge in [0.2, 0.25) is 0 Å². The van der Waals surface area contributed by atoms with Crippen LogP contribution in [-0.2, 0) is 6.54 Å². The minimum atomic E-state index is -0.0658. The number of benzene rings is 1. The molecule has 0 radical (unpaired) electrons. The van der Waals surface area contributed by atoms with E-state index < -0.39 is 0 Å². The third-order valence-corrected chi connectivity index (χ3v) is 9.43. The van der Waals surface area contributed by atoms with Crippen molar-refractivity contribution < 1.29 is 4.74 Å². The van der Waals surface area contributed by atoms with Gasteiger partial charge in [-0.05, 0) is 62.3 Å². The Morgan fingerprint density at radius 3 is 2.88 bits per heavy atom. The highest BCUT2D eigenvalue weighted by molar-refractivity contribution is 7.13. The first-order valence-electron chi connectivity index (χ1n) is 14.0. The molecule has 204 valence electrons. The van der Waals surface area contributed by atoms with E-state index in [1.54, 1.807) is 17.4 Å². The molecule has 2 fully saturated rings. The Morgan fingerprint density at radius 1 is 1.25 bits per heavy atom. The zero-order chi connectivity index (χ0) is 27.4. The van der Waals surface area contributed by atoms with E-state index in [0.717, 1.165) is 75.9 Å². The molecule has 1 N–H and O–H groups in total. The number of anilines is 1. The van der Waals surface area contributed by atoms with Gasteiger partial charge in [0, 0.05) is 53.3 Å². The lowest BCUT2D eigenvalue weighted by atomic mass is 9.94. The molecule has 0 unspecified atom stereocenters. The Kier molecular flexibility index (Phi) is 6.13. The predicted molar refractivity (Wildman–Crippen MR) is 158 cm³/mol. The van der Waals surface area contributed by atoms with Crippen LogP contribution >= 0.6 is 11.3 Å². The summed E-state index contributed by atoms with van der Waals surface area (Å²) in [5, 5.41) is 18.0. The van der Waals surface area contributed by atoms with Crippen molar-refractivity contribution >= 4 is 34.5 Å². The predicted octanol–water partition coefficient (Wildman–Crippen LogP) is 4.98. The van der Waals surface area contributed by atoms with Gasteiger partial charge in [0.05, 0.1) is 47.2 Å². The molecule has 1 saturated heterocycles. The molecule has 1 aromatic carbocycles. The van der Waals surface area contributed by atoms with E-state index in [2.05, 4.69) is 47.4 Å². The summed E-state index contributed by atoms with van der Waals surface area (Å²) in [4.78, 5) is 22.1. The quantitative estimate of drug-likeness (QED) is 0.480. The van der Waals surface area contributed by atoms with Crippen LogP contribution in [0, 0.1) is 11.3 Å². The summed E-state index contributed by atoms with van der Waals surface area (Å²) in [5.74, 6) is 1.26. The molecular formula is C31H32N6O2S. The molecule has 40 heavy (non-hydrogen) atoms. The van der Waals surface area contributed by atoms with Crippen LogP contribution in [-0.4, -0.2) is 47.3 Å². The number of hydrogen-bond donors (Lipinski definition) is 1. The van der Waals surface area contributed by atoms with Crippen LogP contribution in [0.5, 0.6) is 5.75 Å². The summed E-state index contributed by atoms with van der Waals surface area (Å²) in [6.07, 6.45) is 9.98. The molecule has 9 heteroatoms. The third-order valence-electron chi connectivity index (χ3n) is 8.29. The minimum Gasteiger partial charge on any atom is -0.489 e. The largest absolute Gasteiger partial charge is 0.489 e. The topological polar surface area (TPSA) is 95.5 Å². The van der Waals surface area contributed by atoms with E-state index in [9.17, 15) is 10.1 Å². The average molecular weight is 553 g/mol. The van der Waals surface area contributed by atoms with Crippen LogP contribution in [0.3, 0.4) is 0 Å². The van der Waals surface area contributed by atoms with Gasteiger partial charge in [0.1, 0.15) is 12.4 Å². The summed E-state index contributed by atoms with van der Waals surface area (Å²) in [6, 6.07) is 10.3. The lowest BCUT2D eigenvalue weighted by Gasteiger charge is -2.38. The van der Waals surface area contributed by atoms with Crippen LogP contribution < -0.4 is 20.5 Å². The Bertz CT molecular complexity index is 1650. The fourth-order valence-corrected chi connectivity index (χ4v) is 7.30. The van der Waals surface area contributed by atoms with E-state index in [1.165, 1.54) is 4.68 Å². The van der Waals surface area contributed by atoms with Gasteiger partial charge >= 0.3 is 0 Å². The van der Waals surface area contributed by atoms with Gasteiger partial charge in [0.25, 0.3) is 5.56 Å². The first kappa shape index (κ1) is 25.2. The molecular weight excluding hydrogens is 520 g/mol. The lowest BCUT2D eigenvalue weighted by Crippen LogP contribution is -2.43. The summed E-state index contributed by atoms with van der Waals surface area (Å²) in [6.45, 7) is 7.20. The van der Waals surface area contributed by atoms with E-state index in [-0.39, 0.29) is 11.1 Å². The van der Waals surface area contributed by atoms with Gasteiger partial charge in [-0.1, -0.05) is 6.08 Å². The summed E-state index contributed by atoms with van der Waals surface area (Å²) < 4.78 is 7.71. The van der Waals surface area contributed by atoms with Crippen molar-refractivity contribution in [3.63, 3.8) is 0 Å². The molecule has 1 atom stereocenters. The summed E-state index contributed by atoms with van der Waals surface area (Å²) in [5.41, 5.74) is 5.63. The van der Waals surface area contributed by atoms with E-state index >= 15 is 0 Å². The monoisotopic (exact) mass is 552 g/mol. The first-order chi connectivity index (χ1) is 19.4. The van der Waals surface area contributed by atoms with Crippen molar-refractivity contribution in [2.45, 2.75) is 63.6 Å². The molecule has 5 heterocycles. The zero-order valence-electron chi connectivity index (χ0n) is 22.8. The normalized spacial score (nSPS) is 21.2. The molecule has 3 aromatic rings. The molecule has 0 bridgehead atoms. The number of thiophene rings is 1. The van der Waals surface area contributed by atoms with Gasteiger partial charge in [-0.25, -0.2) is 4.68 Å². The average Bonchev–Trinajstić information content (AvgIpc) is 3.67. The number of nitrogens with zero attached hydrogens (tertiary/aromatic N) is 5. The van der Waals surface area contributed by atoms with E-state index in [0.29, 0.717) is 37.1 Å². The maximum atomic E-state index is 12.8. The fraction of sp³-hybridized carbons (Fsp3) is 0.419. The smallest absolute Gasteiger partial charge is 0.267 e. The number of rotatable bonds is 5. The van der Waals surface area contributed by atoms with Crippen molar-refractivity contribution in [3.8, 4) is 11.8 Å².